The van der Waals surface area contributed by atoms with Crippen LogP contribution >= 0.6 is 31.1 Å². The Morgan fingerprint density at radius 2 is 1.87 bits per heavy atom. The zero-order chi connectivity index (χ0) is 22.6. The van der Waals surface area contributed by atoms with Crippen molar-refractivity contribution in [2.75, 3.05) is 6.54 Å². The molecule has 0 saturated carbocycles. The van der Waals surface area contributed by atoms with Gasteiger partial charge in [-0.2, -0.15) is 19.8 Å². The van der Waals surface area contributed by atoms with Gasteiger partial charge >= 0.3 is 7.94 Å². The first-order chi connectivity index (χ1) is 14.7. The second-order valence-corrected chi connectivity index (χ2v) is 9.44. The Kier molecular flexibility index (Phi) is 7.61. The van der Waals surface area contributed by atoms with Gasteiger partial charge in [-0.1, -0.05) is 47.5 Å². The van der Waals surface area contributed by atoms with Crippen molar-refractivity contribution >= 4 is 37.1 Å². The lowest BCUT2D eigenvalue weighted by molar-refractivity contribution is -0.0590. The molecule has 12 heteroatoms. The first-order valence-electron chi connectivity index (χ1n) is 9.10. The molecule has 0 saturated heterocycles. The summed E-state index contributed by atoms with van der Waals surface area (Å²) in [7, 11) is -4.36. The summed E-state index contributed by atoms with van der Waals surface area (Å²) < 4.78 is 1.54. The molecule has 0 unspecified atom stereocenters. The van der Waals surface area contributed by atoms with Crippen LogP contribution in [0, 0.1) is 0 Å². The number of hydrogen-bond acceptors (Lipinski definition) is 7. The lowest BCUT2D eigenvalue weighted by atomic mass is 10.1. The molecular weight excluding hydrogens is 466 g/mol. The van der Waals surface area contributed by atoms with Crippen molar-refractivity contribution in [3.05, 3.63) is 81.9 Å². The molecule has 3 rings (SSSR count). The zero-order valence-electron chi connectivity index (χ0n) is 16.1. The zero-order valence-corrected chi connectivity index (χ0v) is 18.5. The summed E-state index contributed by atoms with van der Waals surface area (Å²) in [6.07, 6.45) is 2.75. The van der Waals surface area contributed by atoms with E-state index >= 15 is 0 Å². The molecule has 0 bridgehead atoms. The highest BCUT2D eigenvalue weighted by atomic mass is 35.5. The number of amides is 1. The molecule has 0 fully saturated rings. The molecular formula is C19H20Cl2N4O5P+. The van der Waals surface area contributed by atoms with Crippen LogP contribution in [0.5, 0.6) is 0 Å². The molecule has 1 aromatic heterocycles. The maximum absolute atomic E-state index is 12.8. The molecule has 0 spiro atoms. The summed E-state index contributed by atoms with van der Waals surface area (Å²) in [6, 6.07) is 11.1. The molecule has 1 atom stereocenters. The van der Waals surface area contributed by atoms with Crippen LogP contribution < -0.4 is 0 Å². The summed E-state index contributed by atoms with van der Waals surface area (Å²) in [6.45, 7) is 0.00501. The van der Waals surface area contributed by atoms with E-state index in [2.05, 4.69) is 10.1 Å². The maximum Gasteiger partial charge on any atom is 0.411 e. The molecule has 0 aliphatic rings. The third kappa shape index (κ3) is 5.99. The number of nitrogens with zero attached hydrogens (tertiary/aromatic N) is 4. The van der Waals surface area contributed by atoms with Gasteiger partial charge < -0.3 is 0 Å². The number of hydroxylamine groups is 2. The fourth-order valence-corrected chi connectivity index (χ4v) is 4.43. The van der Waals surface area contributed by atoms with E-state index in [-0.39, 0.29) is 35.1 Å². The van der Waals surface area contributed by atoms with Gasteiger partial charge in [-0.05, 0) is 23.8 Å². The predicted molar refractivity (Wildman–Crippen MR) is 116 cm³/mol. The summed E-state index contributed by atoms with van der Waals surface area (Å²) in [5.74, 6) is -0.679. The molecule has 1 amide bonds. The smallest absolute Gasteiger partial charge is 0.286 e. The summed E-state index contributed by atoms with van der Waals surface area (Å²) in [4.78, 5) is 46.3. The van der Waals surface area contributed by atoms with Crippen LogP contribution in [-0.4, -0.2) is 52.2 Å². The number of benzene rings is 2. The predicted octanol–water partition coefficient (Wildman–Crippen LogP) is 3.34. The van der Waals surface area contributed by atoms with E-state index in [0.717, 1.165) is 0 Å². The standard InChI is InChI=1S/C19H20Cl2N4O5P/c20-16-6-5-13(9-17(16)21)18(31(28,29)30)7-8-25(27)19(26)15-4-2-1-3-14(15)10-24-12-22-11-23-24/h1-6,9,11-12,18,27-30H,7-8,10H2/q+1/t18-/m0/s1. The van der Waals surface area contributed by atoms with Gasteiger partial charge in [-0.25, -0.2) is 14.7 Å². The SMILES string of the molecule is O=C(c1ccccc1Cn1cncn1)N(O)CC[C@@H](c1ccc(Cl)c(Cl)c1)[P+](O)(O)O. The van der Waals surface area contributed by atoms with Gasteiger partial charge in [0.1, 0.15) is 12.7 Å². The van der Waals surface area contributed by atoms with E-state index in [1.807, 2.05) is 0 Å². The lowest BCUT2D eigenvalue weighted by Crippen LogP contribution is -2.30. The average Bonchev–Trinajstić information content (AvgIpc) is 3.22. The fraction of sp³-hybridized carbons (Fsp3) is 0.211. The van der Waals surface area contributed by atoms with E-state index in [1.165, 1.54) is 35.5 Å². The average molecular weight is 486 g/mol. The monoisotopic (exact) mass is 485 g/mol. The van der Waals surface area contributed by atoms with Crippen LogP contribution in [0.15, 0.2) is 55.1 Å². The second-order valence-electron chi connectivity index (χ2n) is 6.77. The van der Waals surface area contributed by atoms with Crippen LogP contribution in [0.2, 0.25) is 10.0 Å². The van der Waals surface area contributed by atoms with Crippen molar-refractivity contribution in [3.63, 3.8) is 0 Å². The number of carbonyl (C=O) groups is 1. The number of halogens is 2. The van der Waals surface area contributed by atoms with Crippen LogP contribution in [0.4, 0.5) is 0 Å². The number of hydrogen-bond donors (Lipinski definition) is 4. The topological polar surface area (TPSA) is 132 Å². The molecule has 3 aromatic rings. The van der Waals surface area contributed by atoms with Crippen molar-refractivity contribution in [3.8, 4) is 0 Å². The van der Waals surface area contributed by atoms with Gasteiger partial charge in [0.05, 0.1) is 23.1 Å². The van der Waals surface area contributed by atoms with Gasteiger partial charge in [0.25, 0.3) is 5.91 Å². The molecule has 2 aromatic carbocycles. The van der Waals surface area contributed by atoms with Crippen LogP contribution in [-0.2, 0) is 6.54 Å². The minimum absolute atomic E-state index is 0.136. The number of rotatable bonds is 8. The lowest BCUT2D eigenvalue weighted by Gasteiger charge is -2.22. The largest absolute Gasteiger partial charge is 0.411 e. The first kappa shape index (κ1) is 23.6. The highest BCUT2D eigenvalue weighted by molar-refractivity contribution is 7.59. The maximum atomic E-state index is 12.8. The fourth-order valence-electron chi connectivity index (χ4n) is 3.10. The van der Waals surface area contributed by atoms with Gasteiger partial charge in [-0.3, -0.25) is 10.0 Å². The van der Waals surface area contributed by atoms with E-state index < -0.39 is 19.5 Å². The van der Waals surface area contributed by atoms with Gasteiger partial charge in [0, 0.05) is 17.5 Å². The molecule has 9 nitrogen and oxygen atoms in total. The van der Waals surface area contributed by atoms with Crippen molar-refractivity contribution in [2.45, 2.75) is 18.6 Å². The quantitative estimate of drug-likeness (QED) is 0.218. The summed E-state index contributed by atoms with van der Waals surface area (Å²) >= 11 is 11.9. The van der Waals surface area contributed by atoms with Crippen molar-refractivity contribution in [2.24, 2.45) is 0 Å². The van der Waals surface area contributed by atoms with Gasteiger partial charge in [0.15, 0.2) is 5.66 Å². The van der Waals surface area contributed by atoms with E-state index in [0.29, 0.717) is 16.2 Å². The first-order valence-corrected chi connectivity index (χ1v) is 11.6. The molecule has 4 N–H and O–H groups in total. The van der Waals surface area contributed by atoms with E-state index in [4.69, 9.17) is 23.2 Å². The van der Waals surface area contributed by atoms with Gasteiger partial charge in [0.2, 0.25) is 0 Å². The molecule has 0 aliphatic carbocycles. The van der Waals surface area contributed by atoms with Crippen LogP contribution in [0.25, 0.3) is 0 Å². The Bertz CT molecular complexity index is 1050. The highest BCUT2D eigenvalue weighted by Gasteiger charge is 2.44. The highest BCUT2D eigenvalue weighted by Crippen LogP contribution is 2.61. The normalized spacial score (nSPS) is 12.6. The molecule has 31 heavy (non-hydrogen) atoms. The Hall–Kier alpha value is -2.10. The Balaban J connectivity index is 1.75. The van der Waals surface area contributed by atoms with E-state index in [1.54, 1.807) is 24.3 Å². The van der Waals surface area contributed by atoms with Crippen LogP contribution in [0.3, 0.4) is 0 Å². The molecule has 0 radical (unpaired) electrons. The Morgan fingerprint density at radius 1 is 1.13 bits per heavy atom. The third-order valence-corrected chi connectivity index (χ3v) is 6.77. The van der Waals surface area contributed by atoms with E-state index in [9.17, 15) is 24.7 Å². The van der Waals surface area contributed by atoms with Crippen molar-refractivity contribution in [1.82, 2.24) is 19.8 Å². The summed E-state index contributed by atoms with van der Waals surface area (Å²) in [5.41, 5.74) is 0.0359. The number of aromatic nitrogens is 3. The minimum atomic E-state index is -4.36. The Labute approximate surface area is 188 Å². The Morgan fingerprint density at radius 3 is 2.52 bits per heavy atom. The van der Waals surface area contributed by atoms with Crippen molar-refractivity contribution < 1.29 is 24.7 Å². The third-order valence-electron chi connectivity index (χ3n) is 4.64. The molecule has 0 aliphatic heterocycles. The molecule has 164 valence electrons. The van der Waals surface area contributed by atoms with Crippen LogP contribution in [0.1, 0.15) is 33.6 Å². The number of carbonyl (C=O) groups excluding carboxylic acids is 1. The van der Waals surface area contributed by atoms with Gasteiger partial charge in [-0.15, -0.1) is 0 Å². The van der Waals surface area contributed by atoms with Crippen molar-refractivity contribution in [1.29, 1.82) is 0 Å². The minimum Gasteiger partial charge on any atom is -0.286 e. The summed E-state index contributed by atoms with van der Waals surface area (Å²) in [5, 5.41) is 15.3. The molecule has 1 heterocycles. The second kappa shape index (κ2) is 10.0.